The van der Waals surface area contributed by atoms with E-state index in [0.717, 1.165) is 12.1 Å². The minimum atomic E-state index is -3.88. The summed E-state index contributed by atoms with van der Waals surface area (Å²) in [6.45, 7) is 0. The minimum Gasteiger partial charge on any atom is -0.508 e. The van der Waals surface area contributed by atoms with E-state index in [1.165, 1.54) is 30.3 Å². The fourth-order valence-corrected chi connectivity index (χ4v) is 3.02. The average molecular weight is 346 g/mol. The molecule has 2 aromatic carbocycles. The largest absolute Gasteiger partial charge is 0.508 e. The first-order chi connectivity index (χ1) is 8.88. The molecule has 0 spiro atoms. The molecule has 0 amide bonds. The van der Waals surface area contributed by atoms with E-state index in [1.54, 1.807) is 0 Å². The highest BCUT2D eigenvalue weighted by Crippen LogP contribution is 2.26. The quantitative estimate of drug-likeness (QED) is 0.898. The van der Waals surface area contributed by atoms with Gasteiger partial charge in [-0.25, -0.2) is 12.8 Å². The molecule has 0 atom stereocenters. The fourth-order valence-electron chi connectivity index (χ4n) is 1.43. The van der Waals surface area contributed by atoms with Crippen LogP contribution in [0.3, 0.4) is 0 Å². The van der Waals surface area contributed by atoms with Crippen LogP contribution >= 0.6 is 15.9 Å². The summed E-state index contributed by atoms with van der Waals surface area (Å²) in [5.74, 6) is -0.724. The molecule has 0 aliphatic heterocycles. The van der Waals surface area contributed by atoms with Gasteiger partial charge in [-0.1, -0.05) is 6.07 Å². The van der Waals surface area contributed by atoms with Crippen molar-refractivity contribution in [3.05, 3.63) is 52.8 Å². The first kappa shape index (κ1) is 13.8. The van der Waals surface area contributed by atoms with Gasteiger partial charge in [-0.05, 0) is 46.3 Å². The number of benzene rings is 2. The first-order valence-corrected chi connectivity index (χ1v) is 7.43. The van der Waals surface area contributed by atoms with Crippen molar-refractivity contribution >= 4 is 31.6 Å². The molecular weight excluding hydrogens is 337 g/mol. The van der Waals surface area contributed by atoms with E-state index in [-0.39, 0.29) is 16.3 Å². The average Bonchev–Trinajstić information content (AvgIpc) is 2.33. The molecule has 2 rings (SSSR count). The van der Waals surface area contributed by atoms with Crippen LogP contribution in [0.1, 0.15) is 0 Å². The zero-order valence-corrected chi connectivity index (χ0v) is 11.9. The highest BCUT2D eigenvalue weighted by molar-refractivity contribution is 9.10. The van der Waals surface area contributed by atoms with Crippen LogP contribution in [0, 0.1) is 5.82 Å². The molecule has 0 saturated heterocycles. The van der Waals surface area contributed by atoms with Crippen molar-refractivity contribution in [1.82, 2.24) is 0 Å². The summed E-state index contributed by atoms with van der Waals surface area (Å²) in [5.41, 5.74) is 0.0864. The Bertz CT molecular complexity index is 719. The molecule has 0 bridgehead atoms. The minimum absolute atomic E-state index is 0.0864. The predicted octanol–water partition coefficient (Wildman–Crippen LogP) is 3.09. The van der Waals surface area contributed by atoms with Crippen molar-refractivity contribution < 1.29 is 17.9 Å². The number of phenols is 1. The van der Waals surface area contributed by atoms with Crippen LogP contribution < -0.4 is 4.72 Å². The lowest BCUT2D eigenvalue weighted by atomic mass is 10.3. The number of phenolic OH excluding ortho intramolecular Hbond substituents is 1. The number of anilines is 1. The maximum absolute atomic E-state index is 13.1. The van der Waals surface area contributed by atoms with E-state index < -0.39 is 15.8 Å². The van der Waals surface area contributed by atoms with Crippen molar-refractivity contribution in [2.24, 2.45) is 0 Å². The number of sulfonamides is 1. The Labute approximate surface area is 118 Å². The lowest BCUT2D eigenvalue weighted by molar-refractivity contribution is 0.473. The highest BCUT2D eigenvalue weighted by Gasteiger charge is 2.16. The van der Waals surface area contributed by atoms with Crippen LogP contribution in [-0.2, 0) is 10.0 Å². The van der Waals surface area contributed by atoms with Crippen LogP contribution in [0.25, 0.3) is 0 Å². The summed E-state index contributed by atoms with van der Waals surface area (Å²) in [4.78, 5) is -0.108. The number of aromatic hydroxyl groups is 1. The van der Waals surface area contributed by atoms with Gasteiger partial charge in [-0.3, -0.25) is 4.72 Å². The summed E-state index contributed by atoms with van der Waals surface area (Å²) < 4.78 is 39.9. The van der Waals surface area contributed by atoms with Crippen molar-refractivity contribution in [3.63, 3.8) is 0 Å². The lowest BCUT2D eigenvalue weighted by Gasteiger charge is -2.10. The maximum Gasteiger partial charge on any atom is 0.262 e. The number of hydrogen-bond donors (Lipinski definition) is 2. The van der Waals surface area contributed by atoms with Gasteiger partial charge in [0.05, 0.1) is 10.6 Å². The van der Waals surface area contributed by atoms with Gasteiger partial charge < -0.3 is 5.11 Å². The van der Waals surface area contributed by atoms with Crippen LogP contribution in [-0.4, -0.2) is 13.5 Å². The number of hydrogen-bond acceptors (Lipinski definition) is 3. The van der Waals surface area contributed by atoms with Crippen LogP contribution in [0.5, 0.6) is 5.75 Å². The summed E-state index contributed by atoms with van der Waals surface area (Å²) in [7, 11) is -3.88. The maximum atomic E-state index is 13.1. The molecule has 0 fully saturated rings. The lowest BCUT2D eigenvalue weighted by Crippen LogP contribution is -2.13. The summed E-state index contributed by atoms with van der Waals surface area (Å²) in [6.07, 6.45) is 0. The summed E-state index contributed by atoms with van der Waals surface area (Å²) in [5, 5.41) is 9.28. The predicted molar refractivity (Wildman–Crippen MR) is 73.0 cm³/mol. The molecule has 7 heteroatoms. The molecule has 0 aliphatic carbocycles. The molecule has 0 unspecified atom stereocenters. The molecule has 2 aromatic rings. The van der Waals surface area contributed by atoms with Gasteiger partial charge >= 0.3 is 0 Å². The van der Waals surface area contributed by atoms with Crippen molar-refractivity contribution in [1.29, 1.82) is 0 Å². The van der Waals surface area contributed by atoms with Crippen LogP contribution in [0.4, 0.5) is 10.1 Å². The monoisotopic (exact) mass is 345 g/mol. The third-order valence-corrected chi connectivity index (χ3v) is 4.36. The Morgan fingerprint density at radius 1 is 1.16 bits per heavy atom. The van der Waals surface area contributed by atoms with Gasteiger partial charge in [0.15, 0.2) is 0 Å². The van der Waals surface area contributed by atoms with E-state index in [2.05, 4.69) is 20.7 Å². The highest BCUT2D eigenvalue weighted by atomic mass is 79.9. The number of nitrogens with one attached hydrogen (secondary N) is 1. The standard InChI is InChI=1S/C12H9BrFNO3S/c13-11-5-4-8(14)6-12(11)15-19(17,18)10-3-1-2-9(16)7-10/h1-7,15-16H. The zero-order chi connectivity index (χ0) is 14.0. The molecule has 4 nitrogen and oxygen atoms in total. The van der Waals surface area contributed by atoms with Crippen LogP contribution in [0.2, 0.25) is 0 Å². The number of rotatable bonds is 3. The Hall–Kier alpha value is -1.60. The summed E-state index contributed by atoms with van der Waals surface area (Å²) in [6, 6.07) is 8.86. The van der Waals surface area contributed by atoms with Crippen LogP contribution in [0.15, 0.2) is 51.8 Å². The molecular formula is C12H9BrFNO3S. The topological polar surface area (TPSA) is 66.4 Å². The normalized spacial score (nSPS) is 11.3. The Balaban J connectivity index is 2.39. The van der Waals surface area contributed by atoms with E-state index >= 15 is 0 Å². The Morgan fingerprint density at radius 2 is 1.89 bits per heavy atom. The zero-order valence-electron chi connectivity index (χ0n) is 9.47. The van der Waals surface area contributed by atoms with E-state index in [9.17, 15) is 17.9 Å². The molecule has 100 valence electrons. The first-order valence-electron chi connectivity index (χ1n) is 5.15. The van der Waals surface area contributed by atoms with E-state index in [0.29, 0.717) is 4.47 Å². The third kappa shape index (κ3) is 3.24. The third-order valence-electron chi connectivity index (χ3n) is 2.30. The van der Waals surface area contributed by atoms with Gasteiger partial charge in [0, 0.05) is 10.5 Å². The Morgan fingerprint density at radius 3 is 2.58 bits per heavy atom. The van der Waals surface area contributed by atoms with Gasteiger partial charge in [0.1, 0.15) is 11.6 Å². The van der Waals surface area contributed by atoms with Crippen molar-refractivity contribution in [3.8, 4) is 5.75 Å². The van der Waals surface area contributed by atoms with Gasteiger partial charge in [-0.15, -0.1) is 0 Å². The molecule has 0 saturated carbocycles. The SMILES string of the molecule is O=S(=O)(Nc1cc(F)ccc1Br)c1cccc(O)c1. The molecule has 0 radical (unpaired) electrons. The van der Waals surface area contributed by atoms with Gasteiger partial charge in [-0.2, -0.15) is 0 Å². The molecule has 0 aromatic heterocycles. The molecule has 0 heterocycles. The Kier molecular flexibility index (Phi) is 3.77. The molecule has 2 N–H and O–H groups in total. The second-order valence-electron chi connectivity index (χ2n) is 3.73. The van der Waals surface area contributed by atoms with E-state index in [4.69, 9.17) is 0 Å². The second kappa shape index (κ2) is 5.18. The smallest absolute Gasteiger partial charge is 0.262 e. The van der Waals surface area contributed by atoms with E-state index in [1.807, 2.05) is 0 Å². The second-order valence-corrected chi connectivity index (χ2v) is 6.26. The molecule has 0 aliphatic rings. The summed E-state index contributed by atoms with van der Waals surface area (Å²) >= 11 is 3.13. The van der Waals surface area contributed by atoms with Crippen molar-refractivity contribution in [2.75, 3.05) is 4.72 Å². The number of halogens is 2. The van der Waals surface area contributed by atoms with Gasteiger partial charge in [0.25, 0.3) is 10.0 Å². The molecule has 19 heavy (non-hydrogen) atoms. The van der Waals surface area contributed by atoms with Gasteiger partial charge in [0.2, 0.25) is 0 Å². The van der Waals surface area contributed by atoms with Crippen molar-refractivity contribution in [2.45, 2.75) is 4.90 Å². The fraction of sp³-hybridized carbons (Fsp3) is 0.